The number of rotatable bonds is 6. The van der Waals surface area contributed by atoms with Crippen LogP contribution in [0.3, 0.4) is 0 Å². The summed E-state index contributed by atoms with van der Waals surface area (Å²) in [5.74, 6) is 0. The van der Waals surface area contributed by atoms with Crippen LogP contribution in [0.4, 0.5) is 0 Å². The van der Waals surface area contributed by atoms with Crippen LogP contribution in [-0.2, 0) is 17.1 Å². The Labute approximate surface area is 196 Å². The van der Waals surface area contributed by atoms with Crippen LogP contribution in [0.25, 0.3) is 0 Å². The Morgan fingerprint density at radius 1 is 0.448 bits per heavy atom. The average molecular weight is 480 g/mol. The van der Waals surface area contributed by atoms with E-state index in [-0.39, 0.29) is 17.1 Å². The van der Waals surface area contributed by atoms with Gasteiger partial charge < -0.3 is 0 Å². The van der Waals surface area contributed by atoms with Gasteiger partial charge in [-0.1, -0.05) is 69.2 Å². The summed E-state index contributed by atoms with van der Waals surface area (Å²) in [5, 5.41) is 0. The largest absolute Gasteiger partial charge is 0.0972 e. The van der Waals surface area contributed by atoms with E-state index in [1.54, 1.807) is 51.4 Å². The maximum absolute atomic E-state index is 2.42. The monoisotopic (exact) mass is 480 g/mol. The fourth-order valence-electron chi connectivity index (χ4n) is 7.22. The Morgan fingerprint density at radius 2 is 0.690 bits per heavy atom. The van der Waals surface area contributed by atoms with Crippen LogP contribution in [0, 0.1) is 0 Å². The minimum Gasteiger partial charge on any atom is -0.0972 e. The first-order chi connectivity index (χ1) is 13.7. The predicted molar refractivity (Wildman–Crippen MR) is 133 cm³/mol. The van der Waals surface area contributed by atoms with E-state index in [9.17, 15) is 0 Å². The van der Waals surface area contributed by atoms with Crippen molar-refractivity contribution in [2.75, 3.05) is 0 Å². The first-order valence-electron chi connectivity index (χ1n) is 13.3. The summed E-state index contributed by atoms with van der Waals surface area (Å²) in [7, 11) is 0.853. The summed E-state index contributed by atoms with van der Waals surface area (Å²) in [6, 6.07) is 0. The van der Waals surface area contributed by atoms with Gasteiger partial charge in [-0.2, -0.15) is 0 Å². The second-order valence-electron chi connectivity index (χ2n) is 10.2. The minimum atomic E-state index is 0. The first-order valence-corrected chi connectivity index (χ1v) is 16.4. The van der Waals surface area contributed by atoms with Gasteiger partial charge in [-0.3, -0.25) is 0 Å². The van der Waals surface area contributed by atoms with Crippen molar-refractivity contribution in [1.29, 1.82) is 0 Å². The van der Waals surface area contributed by atoms with E-state index in [2.05, 4.69) is 27.7 Å². The molecule has 4 rings (SSSR count). The van der Waals surface area contributed by atoms with E-state index in [4.69, 9.17) is 0 Å². The summed E-state index contributed by atoms with van der Waals surface area (Å²) in [5.41, 5.74) is 6.97. The van der Waals surface area contributed by atoms with Crippen LogP contribution < -0.4 is 0 Å². The van der Waals surface area contributed by atoms with Crippen LogP contribution in [0.2, 0.25) is 0 Å². The molecule has 2 aliphatic carbocycles. The van der Waals surface area contributed by atoms with Gasteiger partial charge in [-0.15, -0.1) is 0 Å². The molecular formula is C26H50FeP2. The van der Waals surface area contributed by atoms with Crippen LogP contribution in [0.15, 0.2) is 0 Å². The van der Waals surface area contributed by atoms with E-state index in [1.165, 1.54) is 62.7 Å². The van der Waals surface area contributed by atoms with Gasteiger partial charge in [0.15, 0.2) is 0 Å². The molecule has 2 heterocycles. The molecule has 2 saturated heterocycles. The molecule has 29 heavy (non-hydrogen) atoms. The summed E-state index contributed by atoms with van der Waals surface area (Å²) < 4.78 is 0. The molecule has 4 aliphatic rings. The van der Waals surface area contributed by atoms with E-state index in [1.807, 2.05) is 0 Å². The van der Waals surface area contributed by atoms with Crippen LogP contribution in [-0.4, -0.2) is 34.0 Å². The van der Waals surface area contributed by atoms with Crippen molar-refractivity contribution < 1.29 is 17.1 Å². The molecule has 4 fully saturated rings. The Bertz CT molecular complexity index is 366. The van der Waals surface area contributed by atoms with Crippen molar-refractivity contribution in [2.45, 2.75) is 164 Å². The van der Waals surface area contributed by atoms with Gasteiger partial charge in [0.25, 0.3) is 0 Å². The summed E-state index contributed by atoms with van der Waals surface area (Å²) >= 11 is 0. The van der Waals surface area contributed by atoms with Crippen molar-refractivity contribution in [3.8, 4) is 0 Å². The second-order valence-corrected chi connectivity index (χ2v) is 16.3. The maximum atomic E-state index is 2.42. The minimum absolute atomic E-state index is 0. The molecule has 0 nitrogen and oxygen atoms in total. The molecule has 0 spiro atoms. The predicted octanol–water partition coefficient (Wildman–Crippen LogP) is 9.52. The first kappa shape index (κ1) is 26.6. The van der Waals surface area contributed by atoms with Gasteiger partial charge >= 0.3 is 0 Å². The zero-order valence-corrected chi connectivity index (χ0v) is 22.9. The van der Waals surface area contributed by atoms with Crippen molar-refractivity contribution in [2.24, 2.45) is 0 Å². The number of hydrogen-bond acceptors (Lipinski definition) is 0. The molecule has 0 N–H and O–H groups in total. The Hall–Kier alpha value is 1.38. The SMILES string of the molecule is CC[C@@H]1CC[C@@H](CC)P1C1CCCC1.CC[C@@H]1CC[C@@H](CC)P1C1CCCC1.[Fe]. The van der Waals surface area contributed by atoms with Gasteiger partial charge in [0.2, 0.25) is 0 Å². The van der Waals surface area contributed by atoms with Gasteiger partial charge in [-0.05, 0) is 111 Å². The molecular weight excluding hydrogens is 430 g/mol. The van der Waals surface area contributed by atoms with E-state index < -0.39 is 0 Å². The van der Waals surface area contributed by atoms with E-state index in [0.29, 0.717) is 15.8 Å². The third-order valence-electron chi connectivity index (χ3n) is 8.73. The molecule has 3 heteroatoms. The Balaban J connectivity index is 0.000000200. The van der Waals surface area contributed by atoms with Crippen LogP contribution >= 0.6 is 15.8 Å². The zero-order chi connectivity index (χ0) is 19.9. The molecule has 0 radical (unpaired) electrons. The van der Waals surface area contributed by atoms with Crippen LogP contribution in [0.1, 0.15) is 130 Å². The molecule has 0 aromatic heterocycles. The molecule has 0 unspecified atom stereocenters. The molecule has 4 atom stereocenters. The molecule has 0 bridgehead atoms. The Kier molecular flexibility index (Phi) is 12.7. The van der Waals surface area contributed by atoms with E-state index in [0.717, 1.165) is 22.6 Å². The molecule has 0 aromatic carbocycles. The zero-order valence-electron chi connectivity index (χ0n) is 20.0. The maximum Gasteiger partial charge on any atom is 0 e. The fraction of sp³-hybridized carbons (Fsp3) is 1.00. The average Bonchev–Trinajstić information content (AvgIpc) is 3.52. The standard InChI is InChI=1S/2C13H25P.Fe/c2*1-3-11-9-10-12(4-2)14(11)13-7-5-6-8-13;/h2*11-13H,3-10H2,1-2H3;/t2*11-,12-;/m11./s1. The second kappa shape index (κ2) is 13.8. The van der Waals surface area contributed by atoms with Gasteiger partial charge in [0, 0.05) is 17.1 Å². The van der Waals surface area contributed by atoms with Crippen molar-refractivity contribution >= 4 is 15.8 Å². The summed E-state index contributed by atoms with van der Waals surface area (Å²) in [6.45, 7) is 9.69. The van der Waals surface area contributed by atoms with Crippen molar-refractivity contribution in [3.63, 3.8) is 0 Å². The smallest absolute Gasteiger partial charge is 0 e. The molecule has 2 saturated carbocycles. The van der Waals surface area contributed by atoms with Gasteiger partial charge in [0.05, 0.1) is 0 Å². The normalized spacial score (nSPS) is 34.3. The Morgan fingerprint density at radius 3 is 0.897 bits per heavy atom. The van der Waals surface area contributed by atoms with Crippen molar-refractivity contribution in [3.05, 3.63) is 0 Å². The fourth-order valence-corrected chi connectivity index (χ4v) is 16.2. The third-order valence-corrected chi connectivity index (χ3v) is 17.3. The summed E-state index contributed by atoms with van der Waals surface area (Å²) in [4.78, 5) is 0. The van der Waals surface area contributed by atoms with Crippen molar-refractivity contribution in [1.82, 2.24) is 0 Å². The van der Waals surface area contributed by atoms with Crippen LogP contribution in [0.5, 0.6) is 0 Å². The molecule has 0 amide bonds. The van der Waals surface area contributed by atoms with Gasteiger partial charge in [-0.25, -0.2) is 0 Å². The third kappa shape index (κ3) is 6.69. The molecule has 172 valence electrons. The van der Waals surface area contributed by atoms with Gasteiger partial charge in [0.1, 0.15) is 0 Å². The quantitative estimate of drug-likeness (QED) is 0.262. The number of hydrogen-bond donors (Lipinski definition) is 0. The molecule has 2 aliphatic heterocycles. The molecule has 0 aromatic rings. The van der Waals surface area contributed by atoms with E-state index >= 15 is 0 Å². The summed E-state index contributed by atoms with van der Waals surface area (Å²) in [6.07, 6.45) is 24.6. The topological polar surface area (TPSA) is 0 Å².